The summed E-state index contributed by atoms with van der Waals surface area (Å²) in [5.41, 5.74) is 16.1. The normalized spacial score (nSPS) is 13.7. The summed E-state index contributed by atoms with van der Waals surface area (Å²) in [6.07, 6.45) is 0.762. The van der Waals surface area contributed by atoms with E-state index < -0.39 is 69.0 Å². The van der Waals surface area contributed by atoms with Crippen LogP contribution >= 0.6 is 0 Å². The Hall–Kier alpha value is -6.00. The Morgan fingerprint density at radius 3 is 1.88 bits per heavy atom. The molecule has 0 saturated carbocycles. The van der Waals surface area contributed by atoms with Crippen molar-refractivity contribution in [3.05, 3.63) is 129 Å². The summed E-state index contributed by atoms with van der Waals surface area (Å²) >= 11 is 0. The van der Waals surface area contributed by atoms with E-state index in [-0.39, 0.29) is 40.9 Å². The van der Waals surface area contributed by atoms with Gasteiger partial charge in [-0.3, -0.25) is 29.4 Å². The van der Waals surface area contributed by atoms with Crippen molar-refractivity contribution in [2.24, 2.45) is 25.6 Å². The van der Waals surface area contributed by atoms with Crippen LogP contribution in [0.4, 0.5) is 45.5 Å². The molecule has 0 amide bonds. The molecule has 0 atom stereocenters. The molecule has 278 valence electrons. The molecule has 0 unspecified atom stereocenters. The van der Waals surface area contributed by atoms with Gasteiger partial charge in [0, 0.05) is 17.8 Å². The molecule has 0 spiro atoms. The maximum Gasteiger partial charge on any atom is 1.00 e. The van der Waals surface area contributed by atoms with E-state index in [9.17, 15) is 40.8 Å². The molecule has 0 saturated heterocycles. The van der Waals surface area contributed by atoms with Crippen molar-refractivity contribution in [3.63, 3.8) is 0 Å². The first-order chi connectivity index (χ1) is 26.0. The van der Waals surface area contributed by atoms with Gasteiger partial charge in [-0.1, -0.05) is 24.3 Å². The van der Waals surface area contributed by atoms with E-state index >= 15 is 0 Å². The monoisotopic (exact) mass is 804 g/mol. The van der Waals surface area contributed by atoms with Crippen LogP contribution in [0.15, 0.2) is 132 Å². The van der Waals surface area contributed by atoms with Crippen LogP contribution in [0.2, 0.25) is 0 Å². The first-order valence-corrected chi connectivity index (χ1v) is 18.5. The number of hydrogen-bond acceptors (Lipinski definition) is 15. The Balaban J connectivity index is 0.00000600. The second kappa shape index (κ2) is 16.4. The van der Waals surface area contributed by atoms with Gasteiger partial charge in [0.2, 0.25) is 5.78 Å². The molecule has 1 aliphatic rings. The molecule has 0 bridgehead atoms. The van der Waals surface area contributed by atoms with E-state index in [0.717, 1.165) is 41.0 Å². The number of nitro groups is 1. The third kappa shape index (κ3) is 9.09. The largest absolute Gasteiger partial charge is 1.00 e. The summed E-state index contributed by atoms with van der Waals surface area (Å²) < 4.78 is 69.5. The molecule has 56 heavy (non-hydrogen) atoms. The van der Waals surface area contributed by atoms with Crippen molar-refractivity contribution in [2.45, 2.75) is 11.8 Å². The number of rotatable bonds is 10. The van der Waals surface area contributed by atoms with Crippen LogP contribution in [0.1, 0.15) is 21.5 Å². The first-order valence-electron chi connectivity index (χ1n) is 15.7. The number of hydrogen-bond donors (Lipinski definition) is 5. The zero-order chi connectivity index (χ0) is 39.7. The molecule has 6 rings (SSSR count). The van der Waals surface area contributed by atoms with Gasteiger partial charge in [0.1, 0.15) is 15.5 Å². The topological polar surface area (TPSA) is 295 Å². The molecule has 5 aromatic rings. The van der Waals surface area contributed by atoms with Gasteiger partial charge in [0.15, 0.2) is 5.71 Å². The number of nitro benzene ring substituents is 1. The third-order valence-electron chi connectivity index (χ3n) is 8.05. The van der Waals surface area contributed by atoms with E-state index in [2.05, 4.69) is 31.0 Å². The maximum absolute atomic E-state index is 13.8. The Morgan fingerprint density at radius 2 is 1.32 bits per heavy atom. The predicted octanol–water partition coefficient (Wildman–Crippen LogP) is 4.71. The quantitative estimate of drug-likeness (QED) is 0.0320. The fourth-order valence-corrected chi connectivity index (χ4v) is 6.66. The molecule has 0 fully saturated rings. The molecule has 21 heteroatoms. The van der Waals surface area contributed by atoms with Gasteiger partial charge in [-0.05, 0) is 95.9 Å². The number of allylic oxidation sites excluding steroid dienone is 1. The minimum Gasteiger partial charge on any atom is -0.399 e. The fraction of sp³-hybridized carbons (Fsp3) is 0.0286. The molecule has 18 nitrogen and oxygen atoms in total. The number of Topliss-reactive ketones (excluding diaryl/α,β-unsaturated/α-hetero) is 1. The van der Waals surface area contributed by atoms with Gasteiger partial charge >= 0.3 is 29.6 Å². The van der Waals surface area contributed by atoms with Gasteiger partial charge in [0.05, 0.1) is 38.9 Å². The van der Waals surface area contributed by atoms with E-state index in [1.165, 1.54) is 12.1 Å². The molecule has 0 aromatic heterocycles. The third-order valence-corrected chi connectivity index (χ3v) is 9.79. The molecule has 5 aromatic carbocycles. The molecule has 7 N–H and O–H groups in total. The Kier molecular flexibility index (Phi) is 12.0. The summed E-state index contributed by atoms with van der Waals surface area (Å²) in [5, 5.41) is 31.1. The number of carbonyl (C=O) groups is 1. The van der Waals surface area contributed by atoms with Crippen LogP contribution in [-0.4, -0.2) is 42.4 Å². The molecule has 0 heterocycles. The number of benzene rings is 5. The summed E-state index contributed by atoms with van der Waals surface area (Å²) in [7, 11) is -10.3. The second-order valence-electron chi connectivity index (χ2n) is 11.8. The Morgan fingerprint density at radius 1 is 0.750 bits per heavy atom. The van der Waals surface area contributed by atoms with E-state index in [0.29, 0.717) is 22.7 Å². The Bertz CT molecular complexity index is 2740. The zero-order valence-electron chi connectivity index (χ0n) is 29.2. The van der Waals surface area contributed by atoms with Crippen LogP contribution in [0.5, 0.6) is 0 Å². The average Bonchev–Trinajstić information content (AvgIpc) is 3.13. The molecular weight excluding hydrogens is 778 g/mol. The van der Waals surface area contributed by atoms with Crippen molar-refractivity contribution < 1.29 is 65.2 Å². The number of nitrogens with zero attached hydrogens (tertiary/aromatic N) is 6. The maximum atomic E-state index is 13.8. The number of anilines is 3. The minimum atomic E-state index is -5.15. The SMILES string of the molecule is Cc1cc(N)ccc1N=Nc1ccc(-c2ccc(N/N=C3/C(=O)c4c(cc(S(=O)(=O)O)c(N=Nc5ccc([N+](=O)[O-])cc5)c4N)C=C3S(=O)(=O)O)cc2)cc1.[Na+]. The number of nitrogen functional groups attached to an aromatic ring is 2. The number of fused-ring (bicyclic) bond motifs is 1. The van der Waals surface area contributed by atoms with E-state index in [1.807, 2.05) is 19.1 Å². The van der Waals surface area contributed by atoms with Gasteiger partial charge in [-0.15, -0.1) is 5.11 Å². The number of hydrazone groups is 1. The van der Waals surface area contributed by atoms with Crippen molar-refractivity contribution in [1.82, 2.24) is 0 Å². The number of nitrogens with two attached hydrogens (primary N) is 2. The van der Waals surface area contributed by atoms with Gasteiger partial charge in [0.25, 0.3) is 25.9 Å². The van der Waals surface area contributed by atoms with Crippen LogP contribution in [-0.2, 0) is 20.2 Å². The summed E-state index contributed by atoms with van der Waals surface area (Å²) in [5.74, 6) is -1.15. The molecule has 0 radical (unpaired) electrons. The summed E-state index contributed by atoms with van der Waals surface area (Å²) in [6, 6.07) is 24.6. The molecule has 0 aliphatic heterocycles. The van der Waals surface area contributed by atoms with Crippen LogP contribution < -0.4 is 46.5 Å². The molecular formula is C35H27N9NaO9S2+. The van der Waals surface area contributed by atoms with E-state index in [1.54, 1.807) is 54.6 Å². The minimum absolute atomic E-state index is 0. The van der Waals surface area contributed by atoms with Crippen LogP contribution in [0.3, 0.4) is 0 Å². The summed E-state index contributed by atoms with van der Waals surface area (Å²) in [6.45, 7) is 1.88. The second-order valence-corrected chi connectivity index (χ2v) is 14.6. The number of aryl methyl sites for hydroxylation is 1. The average molecular weight is 805 g/mol. The number of nitrogens with one attached hydrogen (secondary N) is 1. The number of carbonyl (C=O) groups excluding carboxylic acids is 1. The van der Waals surface area contributed by atoms with Crippen LogP contribution in [0, 0.1) is 17.0 Å². The number of azo groups is 2. The van der Waals surface area contributed by atoms with Crippen molar-refractivity contribution in [3.8, 4) is 11.1 Å². The fourth-order valence-electron chi connectivity index (χ4n) is 5.33. The van der Waals surface area contributed by atoms with E-state index in [4.69, 9.17) is 11.5 Å². The summed E-state index contributed by atoms with van der Waals surface area (Å²) in [4.78, 5) is 22.2. The van der Waals surface area contributed by atoms with Gasteiger partial charge in [-0.2, -0.15) is 37.3 Å². The number of non-ortho nitro benzene ring substituents is 1. The van der Waals surface area contributed by atoms with Crippen molar-refractivity contribution in [2.75, 3.05) is 16.9 Å². The standard InChI is InChI=1S/C35H27N9O9S2.Na/c1-19-16-23(36)6-15-28(19)41-38-24-7-2-20(3-8-24)21-4-9-25(10-5-21)40-43-34-30(55(51,52)53)18-22-17-29(54(48,49)50)33(32(37)31(22)35(34)45)42-39-26-11-13-27(14-12-26)44(46)47;/h2-18,40H,36-37H2,1H3,(H,48,49,50)(H,51,52,53);/q;+1/b41-38?,42-39?,43-34+;. The molecule has 1 aliphatic carbocycles. The zero-order valence-corrected chi connectivity index (χ0v) is 32.9. The van der Waals surface area contributed by atoms with Gasteiger partial charge in [-0.25, -0.2) is 0 Å². The number of ketones is 1. The van der Waals surface area contributed by atoms with Gasteiger partial charge < -0.3 is 11.5 Å². The van der Waals surface area contributed by atoms with Crippen LogP contribution in [0.25, 0.3) is 17.2 Å². The van der Waals surface area contributed by atoms with Crippen molar-refractivity contribution >= 4 is 83.3 Å². The van der Waals surface area contributed by atoms with Crippen molar-refractivity contribution in [1.29, 1.82) is 0 Å². The predicted molar refractivity (Wildman–Crippen MR) is 205 cm³/mol. The first kappa shape index (κ1) is 41.2. The Labute approximate surface area is 340 Å². The smallest absolute Gasteiger partial charge is 0.399 e.